The van der Waals surface area contributed by atoms with Crippen molar-refractivity contribution < 1.29 is 23.9 Å². The first-order valence-electron chi connectivity index (χ1n) is 7.24. The maximum Gasteiger partial charge on any atom is 0.413 e. The molecule has 9 nitrogen and oxygen atoms in total. The Hall–Kier alpha value is -2.94. The molecule has 0 atom stereocenters. The van der Waals surface area contributed by atoms with E-state index in [1.54, 1.807) is 38.1 Å². The van der Waals surface area contributed by atoms with Crippen LogP contribution in [-0.2, 0) is 14.3 Å². The molecule has 25 heavy (non-hydrogen) atoms. The largest absolute Gasteiger partial charge is 0.451 e. The molecule has 132 valence electrons. The van der Waals surface area contributed by atoms with Gasteiger partial charge in [-0.3, -0.25) is 10.1 Å². The molecule has 10 heteroatoms. The average molecular weight is 367 g/mol. The third-order valence-corrected chi connectivity index (χ3v) is 3.10. The maximum atomic E-state index is 12.0. The number of rotatable bonds is 5. The highest BCUT2D eigenvalue weighted by Gasteiger charge is 2.19. The van der Waals surface area contributed by atoms with E-state index in [1.165, 1.54) is 4.80 Å². The highest BCUT2D eigenvalue weighted by molar-refractivity contribution is 6.30. The van der Waals surface area contributed by atoms with Crippen LogP contribution in [0, 0.1) is 6.92 Å². The third-order valence-electron chi connectivity index (χ3n) is 2.87. The van der Waals surface area contributed by atoms with E-state index < -0.39 is 24.6 Å². The fourth-order valence-electron chi connectivity index (χ4n) is 1.80. The number of carbonyl (C=O) groups is 3. The lowest BCUT2D eigenvalue weighted by Gasteiger charge is -2.04. The Balaban J connectivity index is 2.00. The Morgan fingerprint density at radius 3 is 2.68 bits per heavy atom. The van der Waals surface area contributed by atoms with Gasteiger partial charge in [0.15, 0.2) is 12.3 Å². The van der Waals surface area contributed by atoms with Gasteiger partial charge in [0.05, 0.1) is 18.0 Å². The Morgan fingerprint density at radius 1 is 1.24 bits per heavy atom. The number of aryl methyl sites for hydroxylation is 1. The Labute approximate surface area is 147 Å². The van der Waals surface area contributed by atoms with Gasteiger partial charge in [0.25, 0.3) is 5.91 Å². The summed E-state index contributed by atoms with van der Waals surface area (Å²) in [6.07, 6.45) is -0.911. The second-order valence-electron chi connectivity index (χ2n) is 4.75. The van der Waals surface area contributed by atoms with Crippen LogP contribution in [0.25, 0.3) is 5.69 Å². The van der Waals surface area contributed by atoms with Gasteiger partial charge < -0.3 is 9.47 Å². The van der Waals surface area contributed by atoms with E-state index in [4.69, 9.17) is 16.3 Å². The topological polar surface area (TPSA) is 112 Å². The highest BCUT2D eigenvalue weighted by atomic mass is 35.5. The van der Waals surface area contributed by atoms with Gasteiger partial charge in [-0.05, 0) is 32.0 Å². The number of esters is 1. The van der Waals surface area contributed by atoms with E-state index in [9.17, 15) is 14.4 Å². The summed E-state index contributed by atoms with van der Waals surface area (Å²) in [4.78, 5) is 35.8. The van der Waals surface area contributed by atoms with Crippen molar-refractivity contribution in [2.75, 3.05) is 13.2 Å². The summed E-state index contributed by atoms with van der Waals surface area (Å²) in [5.74, 6) is -1.66. The Morgan fingerprint density at radius 2 is 2.00 bits per heavy atom. The summed E-state index contributed by atoms with van der Waals surface area (Å²) < 4.78 is 9.36. The number of hydrogen-bond acceptors (Lipinski definition) is 7. The predicted molar refractivity (Wildman–Crippen MR) is 86.6 cm³/mol. The monoisotopic (exact) mass is 366 g/mol. The summed E-state index contributed by atoms with van der Waals surface area (Å²) in [6.45, 7) is 2.63. The van der Waals surface area contributed by atoms with Crippen molar-refractivity contribution in [3.63, 3.8) is 0 Å². The minimum absolute atomic E-state index is 0.0519. The van der Waals surface area contributed by atoms with Crippen molar-refractivity contribution in [2.24, 2.45) is 0 Å². The van der Waals surface area contributed by atoms with Crippen LogP contribution in [0.4, 0.5) is 4.79 Å². The fraction of sp³-hybridized carbons (Fsp3) is 0.267. The number of amides is 2. The van der Waals surface area contributed by atoms with Gasteiger partial charge in [-0.25, -0.2) is 9.59 Å². The van der Waals surface area contributed by atoms with Gasteiger partial charge in [0, 0.05) is 5.02 Å². The average Bonchev–Trinajstić information content (AvgIpc) is 2.95. The van der Waals surface area contributed by atoms with Gasteiger partial charge >= 0.3 is 12.1 Å². The van der Waals surface area contributed by atoms with Crippen LogP contribution in [0.2, 0.25) is 5.02 Å². The van der Waals surface area contributed by atoms with Crippen molar-refractivity contribution in [1.82, 2.24) is 20.3 Å². The molecule has 2 rings (SSSR count). The first-order chi connectivity index (χ1) is 11.9. The number of carbonyl (C=O) groups excluding carboxylic acids is 3. The summed E-state index contributed by atoms with van der Waals surface area (Å²) >= 11 is 5.91. The number of imide groups is 1. The second kappa shape index (κ2) is 8.25. The molecule has 0 radical (unpaired) electrons. The number of alkyl carbamates (subject to hydrolysis) is 1. The molecule has 0 saturated heterocycles. The van der Waals surface area contributed by atoms with Gasteiger partial charge in [-0.15, -0.1) is 5.10 Å². The molecule has 0 unspecified atom stereocenters. The number of hydrogen-bond donors (Lipinski definition) is 1. The van der Waals surface area contributed by atoms with Gasteiger partial charge in [0.1, 0.15) is 0 Å². The van der Waals surface area contributed by atoms with E-state index in [0.717, 1.165) is 0 Å². The second-order valence-corrected chi connectivity index (χ2v) is 5.18. The van der Waals surface area contributed by atoms with Crippen molar-refractivity contribution >= 4 is 29.6 Å². The molecule has 1 N–H and O–H groups in total. The lowest BCUT2D eigenvalue weighted by Crippen LogP contribution is -2.34. The molecule has 1 heterocycles. The molecule has 2 amide bonds. The number of nitrogens with zero attached hydrogens (tertiary/aromatic N) is 3. The zero-order valence-electron chi connectivity index (χ0n) is 13.5. The fourth-order valence-corrected chi connectivity index (χ4v) is 1.98. The van der Waals surface area contributed by atoms with E-state index in [-0.39, 0.29) is 12.3 Å². The maximum absolute atomic E-state index is 12.0. The molecule has 1 aromatic heterocycles. The zero-order chi connectivity index (χ0) is 18.4. The lowest BCUT2D eigenvalue weighted by molar-refractivity contribution is -0.123. The first-order valence-corrected chi connectivity index (χ1v) is 7.62. The molecule has 0 aliphatic carbocycles. The number of nitrogens with one attached hydrogen (secondary N) is 1. The van der Waals surface area contributed by atoms with Crippen LogP contribution in [-0.4, -0.2) is 46.2 Å². The molecule has 0 saturated carbocycles. The molecule has 0 bridgehead atoms. The Bertz CT molecular complexity index is 805. The zero-order valence-corrected chi connectivity index (χ0v) is 14.2. The SMILES string of the molecule is CCOC(=O)NC(=O)COC(=O)c1nn(-c2cccc(Cl)c2)nc1C. The number of benzene rings is 1. The van der Waals surface area contributed by atoms with Crippen LogP contribution in [0.1, 0.15) is 23.1 Å². The van der Waals surface area contributed by atoms with E-state index >= 15 is 0 Å². The molecular weight excluding hydrogens is 352 g/mol. The molecule has 0 aliphatic heterocycles. The van der Waals surface area contributed by atoms with Crippen molar-refractivity contribution in [1.29, 1.82) is 0 Å². The molecular formula is C15H15ClN4O5. The summed E-state index contributed by atoms with van der Waals surface area (Å²) in [5.41, 5.74) is 0.828. The minimum atomic E-state index is -0.911. The summed E-state index contributed by atoms with van der Waals surface area (Å²) in [6, 6.07) is 6.75. The van der Waals surface area contributed by atoms with Crippen LogP contribution >= 0.6 is 11.6 Å². The molecule has 0 spiro atoms. The third kappa shape index (κ3) is 5.01. The van der Waals surface area contributed by atoms with Crippen LogP contribution < -0.4 is 5.32 Å². The van der Waals surface area contributed by atoms with Gasteiger partial charge in [-0.2, -0.15) is 9.90 Å². The summed E-state index contributed by atoms with van der Waals surface area (Å²) in [5, 5.41) is 10.6. The molecule has 1 aromatic carbocycles. The van der Waals surface area contributed by atoms with Crippen molar-refractivity contribution in [3.8, 4) is 5.69 Å². The minimum Gasteiger partial charge on any atom is -0.451 e. The van der Waals surface area contributed by atoms with Crippen molar-refractivity contribution in [3.05, 3.63) is 40.7 Å². The molecule has 0 fully saturated rings. The Kier molecular flexibility index (Phi) is 6.07. The van der Waals surface area contributed by atoms with E-state index in [1.807, 2.05) is 5.32 Å². The van der Waals surface area contributed by atoms with Crippen LogP contribution in [0.5, 0.6) is 0 Å². The van der Waals surface area contributed by atoms with Crippen LogP contribution in [0.3, 0.4) is 0 Å². The van der Waals surface area contributed by atoms with E-state index in [0.29, 0.717) is 16.4 Å². The van der Waals surface area contributed by atoms with Gasteiger partial charge in [0.2, 0.25) is 0 Å². The molecule has 0 aliphatic rings. The predicted octanol–water partition coefficient (Wildman–Crippen LogP) is 1.66. The quantitative estimate of drug-likeness (QED) is 0.800. The highest BCUT2D eigenvalue weighted by Crippen LogP contribution is 2.14. The van der Waals surface area contributed by atoms with E-state index in [2.05, 4.69) is 14.9 Å². The number of ether oxygens (including phenoxy) is 2. The first kappa shape index (κ1) is 18.4. The van der Waals surface area contributed by atoms with Gasteiger partial charge in [-0.1, -0.05) is 17.7 Å². The smallest absolute Gasteiger partial charge is 0.413 e. The summed E-state index contributed by atoms with van der Waals surface area (Å²) in [7, 11) is 0. The normalized spacial score (nSPS) is 10.2. The number of halogens is 1. The standard InChI is InChI=1S/C15H15ClN4O5/c1-3-24-15(23)17-12(21)8-25-14(22)13-9(2)18-20(19-13)11-6-4-5-10(16)7-11/h4-7H,3,8H2,1-2H3,(H,17,21,23). The van der Waals surface area contributed by atoms with Crippen molar-refractivity contribution in [2.45, 2.75) is 13.8 Å². The van der Waals surface area contributed by atoms with Crippen LogP contribution in [0.15, 0.2) is 24.3 Å². The molecule has 2 aromatic rings. The number of aromatic nitrogens is 3. The lowest BCUT2D eigenvalue weighted by atomic mass is 10.3.